The van der Waals surface area contributed by atoms with Crippen LogP contribution in [-0.4, -0.2) is 21.3 Å². The fourth-order valence-corrected chi connectivity index (χ4v) is 5.11. The van der Waals surface area contributed by atoms with E-state index in [9.17, 15) is 4.79 Å². The van der Waals surface area contributed by atoms with Crippen LogP contribution in [0.2, 0.25) is 0 Å². The molecule has 0 radical (unpaired) electrons. The zero-order valence-electron chi connectivity index (χ0n) is 18.2. The van der Waals surface area contributed by atoms with E-state index in [1.807, 2.05) is 32.0 Å². The van der Waals surface area contributed by atoms with E-state index < -0.39 is 0 Å². The second kappa shape index (κ2) is 8.60. The summed E-state index contributed by atoms with van der Waals surface area (Å²) < 4.78 is 3.44. The molecule has 5 rings (SSSR count). The smallest absolute Gasteiger partial charge is 0.220 e. The van der Waals surface area contributed by atoms with Crippen molar-refractivity contribution in [3.05, 3.63) is 84.7 Å². The van der Waals surface area contributed by atoms with E-state index in [1.165, 1.54) is 15.0 Å². The number of hydrogen-bond acceptors (Lipinski definition) is 3. The standard InChI is InChI=1S/C27H25N3OS/c1-18(2)28-26(31)15-13-22-27(19-8-4-3-5-9-19)29-25-14-12-21(17-30(22)25)24-16-20-10-6-7-11-23(20)32-24/h3-12,14,16-18H,13,15H2,1-2H3,(H,28,31). The Balaban J connectivity index is 1.59. The third-order valence-electron chi connectivity index (χ3n) is 5.51. The Hall–Kier alpha value is -3.44. The fourth-order valence-electron chi connectivity index (χ4n) is 4.06. The van der Waals surface area contributed by atoms with Crippen molar-refractivity contribution in [2.45, 2.75) is 32.7 Å². The number of aryl methyl sites for hydroxylation is 1. The summed E-state index contributed by atoms with van der Waals surface area (Å²) in [5.74, 6) is 0.0645. The summed E-state index contributed by atoms with van der Waals surface area (Å²) in [6, 6.07) is 25.3. The van der Waals surface area contributed by atoms with Gasteiger partial charge in [-0.05, 0) is 49.9 Å². The molecule has 1 amide bonds. The van der Waals surface area contributed by atoms with Crippen LogP contribution in [0.15, 0.2) is 79.0 Å². The van der Waals surface area contributed by atoms with Crippen LogP contribution in [0.25, 0.3) is 37.4 Å². The molecule has 0 aliphatic carbocycles. The monoisotopic (exact) mass is 439 g/mol. The van der Waals surface area contributed by atoms with Crippen LogP contribution >= 0.6 is 11.3 Å². The summed E-state index contributed by atoms with van der Waals surface area (Å²) in [5, 5.41) is 4.26. The minimum absolute atomic E-state index is 0.0645. The maximum absolute atomic E-state index is 12.4. The summed E-state index contributed by atoms with van der Waals surface area (Å²) in [6.07, 6.45) is 3.22. The van der Waals surface area contributed by atoms with Gasteiger partial charge in [0.15, 0.2) is 0 Å². The highest BCUT2D eigenvalue weighted by Crippen LogP contribution is 2.34. The minimum atomic E-state index is 0.0645. The Morgan fingerprint density at radius 1 is 1.00 bits per heavy atom. The quantitative estimate of drug-likeness (QED) is 0.335. The van der Waals surface area contributed by atoms with Crippen LogP contribution < -0.4 is 5.32 Å². The van der Waals surface area contributed by atoms with Gasteiger partial charge in [0, 0.05) is 39.4 Å². The number of imidazole rings is 1. The lowest BCUT2D eigenvalue weighted by atomic mass is 10.1. The van der Waals surface area contributed by atoms with Crippen molar-refractivity contribution in [3.8, 4) is 21.7 Å². The molecular weight excluding hydrogens is 414 g/mol. The Labute approximate surface area is 191 Å². The lowest BCUT2D eigenvalue weighted by Gasteiger charge is -2.10. The number of hydrogen-bond donors (Lipinski definition) is 1. The van der Waals surface area contributed by atoms with E-state index >= 15 is 0 Å². The van der Waals surface area contributed by atoms with Crippen molar-refractivity contribution in [1.29, 1.82) is 0 Å². The van der Waals surface area contributed by atoms with Crippen LogP contribution in [0.3, 0.4) is 0 Å². The second-order valence-corrected chi connectivity index (χ2v) is 9.37. The first-order valence-corrected chi connectivity index (χ1v) is 11.7. The van der Waals surface area contributed by atoms with Crippen LogP contribution in [0.1, 0.15) is 26.0 Å². The number of rotatable bonds is 6. The summed E-state index contributed by atoms with van der Waals surface area (Å²) in [4.78, 5) is 18.5. The summed E-state index contributed by atoms with van der Waals surface area (Å²) in [6.45, 7) is 3.97. The summed E-state index contributed by atoms with van der Waals surface area (Å²) >= 11 is 1.80. The molecule has 2 aromatic carbocycles. The van der Waals surface area contributed by atoms with Crippen LogP contribution in [0, 0.1) is 0 Å². The number of fused-ring (bicyclic) bond motifs is 2. The summed E-state index contributed by atoms with van der Waals surface area (Å²) in [7, 11) is 0. The van der Waals surface area contributed by atoms with E-state index in [0.29, 0.717) is 12.8 Å². The number of benzene rings is 2. The maximum atomic E-state index is 12.4. The Kier molecular flexibility index (Phi) is 5.50. The van der Waals surface area contributed by atoms with Gasteiger partial charge in [-0.2, -0.15) is 0 Å². The number of thiophene rings is 1. The molecule has 0 aliphatic rings. The average molecular weight is 440 g/mol. The van der Waals surface area contributed by atoms with Crippen molar-refractivity contribution in [2.75, 3.05) is 0 Å². The van der Waals surface area contributed by atoms with Crippen LogP contribution in [-0.2, 0) is 11.2 Å². The molecule has 5 aromatic rings. The van der Waals surface area contributed by atoms with Gasteiger partial charge in [-0.25, -0.2) is 4.98 Å². The van der Waals surface area contributed by atoms with E-state index in [1.54, 1.807) is 11.3 Å². The lowest BCUT2D eigenvalue weighted by Crippen LogP contribution is -2.30. The topological polar surface area (TPSA) is 46.4 Å². The van der Waals surface area contributed by atoms with Crippen LogP contribution in [0.5, 0.6) is 0 Å². The maximum Gasteiger partial charge on any atom is 0.220 e. The Bertz CT molecular complexity index is 1370. The largest absolute Gasteiger partial charge is 0.354 e. The number of nitrogens with zero attached hydrogens (tertiary/aromatic N) is 2. The SMILES string of the molecule is CC(C)NC(=O)CCc1c(-c2ccccc2)nc2ccc(-c3cc4ccccc4s3)cn12. The van der Waals surface area contributed by atoms with E-state index in [2.05, 4.69) is 70.5 Å². The van der Waals surface area contributed by atoms with Gasteiger partial charge in [0.1, 0.15) is 5.65 Å². The van der Waals surface area contributed by atoms with Gasteiger partial charge in [0.25, 0.3) is 0 Å². The van der Waals surface area contributed by atoms with Gasteiger partial charge in [0.05, 0.1) is 11.4 Å². The van der Waals surface area contributed by atoms with Gasteiger partial charge >= 0.3 is 0 Å². The zero-order chi connectivity index (χ0) is 22.1. The van der Waals surface area contributed by atoms with Gasteiger partial charge in [0.2, 0.25) is 5.91 Å². The first-order valence-electron chi connectivity index (χ1n) is 10.9. The van der Waals surface area contributed by atoms with Crippen molar-refractivity contribution in [3.63, 3.8) is 0 Å². The normalized spacial score (nSPS) is 11.5. The molecule has 0 atom stereocenters. The second-order valence-electron chi connectivity index (χ2n) is 8.29. The van der Waals surface area contributed by atoms with Crippen LogP contribution in [0.4, 0.5) is 0 Å². The van der Waals surface area contributed by atoms with E-state index in [-0.39, 0.29) is 11.9 Å². The van der Waals surface area contributed by atoms with Gasteiger partial charge < -0.3 is 9.72 Å². The first kappa shape index (κ1) is 20.5. The van der Waals surface area contributed by atoms with Gasteiger partial charge in [-0.15, -0.1) is 11.3 Å². The molecule has 4 nitrogen and oxygen atoms in total. The molecule has 1 N–H and O–H groups in total. The molecule has 3 aromatic heterocycles. The number of aromatic nitrogens is 2. The molecule has 160 valence electrons. The third kappa shape index (κ3) is 4.04. The third-order valence-corrected chi connectivity index (χ3v) is 6.68. The van der Waals surface area contributed by atoms with Crippen molar-refractivity contribution >= 4 is 33.0 Å². The molecule has 5 heteroatoms. The van der Waals surface area contributed by atoms with Crippen molar-refractivity contribution in [1.82, 2.24) is 14.7 Å². The van der Waals surface area contributed by atoms with E-state index in [4.69, 9.17) is 4.98 Å². The summed E-state index contributed by atoms with van der Waals surface area (Å²) in [5.41, 5.74) is 5.12. The number of amides is 1. The van der Waals surface area contributed by atoms with Gasteiger partial charge in [-0.3, -0.25) is 4.79 Å². The highest BCUT2D eigenvalue weighted by Gasteiger charge is 2.17. The number of nitrogens with one attached hydrogen (secondary N) is 1. The predicted octanol–water partition coefficient (Wildman–Crippen LogP) is 6.34. The molecule has 0 aliphatic heterocycles. The molecule has 0 spiro atoms. The molecule has 0 bridgehead atoms. The highest BCUT2D eigenvalue weighted by atomic mass is 32.1. The Morgan fingerprint density at radius 2 is 1.78 bits per heavy atom. The van der Waals surface area contributed by atoms with E-state index in [0.717, 1.165) is 28.2 Å². The molecule has 0 saturated carbocycles. The van der Waals surface area contributed by atoms with Crippen molar-refractivity contribution in [2.24, 2.45) is 0 Å². The number of carbonyl (C=O) groups excluding carboxylic acids is 1. The lowest BCUT2D eigenvalue weighted by molar-refractivity contribution is -0.121. The molecular formula is C27H25N3OS. The molecule has 32 heavy (non-hydrogen) atoms. The fraction of sp³-hybridized carbons (Fsp3) is 0.185. The first-order chi connectivity index (χ1) is 15.6. The zero-order valence-corrected chi connectivity index (χ0v) is 19.0. The number of pyridine rings is 1. The molecule has 3 heterocycles. The number of carbonyl (C=O) groups is 1. The predicted molar refractivity (Wildman–Crippen MR) is 133 cm³/mol. The molecule has 0 fully saturated rings. The van der Waals surface area contributed by atoms with Gasteiger partial charge in [-0.1, -0.05) is 48.5 Å². The molecule has 0 saturated heterocycles. The minimum Gasteiger partial charge on any atom is -0.354 e. The Morgan fingerprint density at radius 3 is 2.56 bits per heavy atom. The highest BCUT2D eigenvalue weighted by molar-refractivity contribution is 7.22. The molecule has 0 unspecified atom stereocenters. The average Bonchev–Trinajstić information content (AvgIpc) is 3.39. The van der Waals surface area contributed by atoms with Crippen molar-refractivity contribution < 1.29 is 4.79 Å².